The minimum absolute atomic E-state index is 0.476. The molecule has 0 saturated carbocycles. The first kappa shape index (κ1) is 13.0. The van der Waals surface area contributed by atoms with Gasteiger partial charge in [0.15, 0.2) is 0 Å². The third-order valence-corrected chi connectivity index (χ3v) is 3.32. The van der Waals surface area contributed by atoms with Crippen molar-refractivity contribution < 1.29 is 4.74 Å². The lowest BCUT2D eigenvalue weighted by Crippen LogP contribution is -2.37. The van der Waals surface area contributed by atoms with Crippen LogP contribution in [0.5, 0.6) is 0 Å². The topological polar surface area (TPSA) is 76.3 Å². The summed E-state index contributed by atoms with van der Waals surface area (Å²) in [5.41, 5.74) is 2.60. The fourth-order valence-corrected chi connectivity index (χ4v) is 2.16. The van der Waals surface area contributed by atoms with E-state index in [9.17, 15) is 0 Å². The zero-order chi connectivity index (χ0) is 13.0. The van der Waals surface area contributed by atoms with Crippen LogP contribution in [-0.2, 0) is 11.2 Å². The van der Waals surface area contributed by atoms with E-state index in [-0.39, 0.29) is 0 Å². The normalized spacial score (nSPS) is 16.6. The Morgan fingerprint density at radius 3 is 2.78 bits per heavy atom. The minimum Gasteiger partial charge on any atom is -0.381 e. The van der Waals surface area contributed by atoms with Gasteiger partial charge in [0.2, 0.25) is 0 Å². The second-order valence-corrected chi connectivity index (χ2v) is 4.48. The van der Waals surface area contributed by atoms with Crippen LogP contribution in [0.25, 0.3) is 0 Å². The predicted molar refractivity (Wildman–Crippen MR) is 71.5 cm³/mol. The summed E-state index contributed by atoms with van der Waals surface area (Å²) in [6.07, 6.45) is 2.87. The molecule has 1 fully saturated rings. The number of hydrogen-bond acceptors (Lipinski definition) is 6. The Bertz CT molecular complexity index is 370. The number of rotatable bonds is 4. The Balaban J connectivity index is 2.19. The lowest BCUT2D eigenvalue weighted by Gasteiger charge is -2.32. The Morgan fingerprint density at radius 1 is 1.44 bits per heavy atom. The fourth-order valence-electron chi connectivity index (χ4n) is 2.16. The number of nitrogens with zero attached hydrogens (tertiary/aromatic N) is 3. The van der Waals surface area contributed by atoms with Crippen LogP contribution >= 0.6 is 0 Å². The summed E-state index contributed by atoms with van der Waals surface area (Å²) in [6.45, 7) is 3.68. The van der Waals surface area contributed by atoms with Crippen molar-refractivity contribution in [3.8, 4) is 0 Å². The van der Waals surface area contributed by atoms with E-state index in [2.05, 4.69) is 27.3 Å². The van der Waals surface area contributed by atoms with Gasteiger partial charge >= 0.3 is 0 Å². The number of nitrogen functional groups attached to an aromatic ring is 1. The quantitative estimate of drug-likeness (QED) is 0.612. The van der Waals surface area contributed by atoms with Crippen molar-refractivity contribution in [2.45, 2.75) is 32.2 Å². The van der Waals surface area contributed by atoms with E-state index in [4.69, 9.17) is 10.6 Å². The van der Waals surface area contributed by atoms with Gasteiger partial charge in [0.25, 0.3) is 0 Å². The lowest BCUT2D eigenvalue weighted by molar-refractivity contribution is 0.0853. The molecule has 18 heavy (non-hydrogen) atoms. The van der Waals surface area contributed by atoms with E-state index < -0.39 is 0 Å². The number of aryl methyl sites for hydroxylation is 1. The van der Waals surface area contributed by atoms with E-state index in [1.165, 1.54) is 0 Å². The maximum Gasteiger partial charge on any atom is 0.145 e. The van der Waals surface area contributed by atoms with Crippen molar-refractivity contribution in [2.24, 2.45) is 5.84 Å². The summed E-state index contributed by atoms with van der Waals surface area (Å²) in [5.74, 6) is 7.83. The molecule has 1 aromatic rings. The van der Waals surface area contributed by atoms with Crippen LogP contribution in [0.1, 0.15) is 25.6 Å². The summed E-state index contributed by atoms with van der Waals surface area (Å²) >= 11 is 0. The largest absolute Gasteiger partial charge is 0.381 e. The summed E-state index contributed by atoms with van der Waals surface area (Å²) in [7, 11) is 2.07. The van der Waals surface area contributed by atoms with Crippen molar-refractivity contribution in [3.63, 3.8) is 0 Å². The highest BCUT2D eigenvalue weighted by atomic mass is 16.5. The van der Waals surface area contributed by atoms with E-state index >= 15 is 0 Å². The summed E-state index contributed by atoms with van der Waals surface area (Å²) in [6, 6.07) is 2.36. The van der Waals surface area contributed by atoms with Crippen molar-refractivity contribution in [1.29, 1.82) is 0 Å². The fraction of sp³-hybridized carbons (Fsp3) is 0.667. The molecule has 0 aliphatic carbocycles. The van der Waals surface area contributed by atoms with E-state index in [0.717, 1.165) is 44.1 Å². The van der Waals surface area contributed by atoms with Crippen LogP contribution in [0.4, 0.5) is 11.6 Å². The standard InChI is InChI=1S/C12H21N5O/c1-3-10-14-11(16-13)8-12(15-10)17(2)9-4-6-18-7-5-9/h8-9H,3-7,13H2,1-2H3,(H,14,15,16). The minimum atomic E-state index is 0.476. The predicted octanol–water partition coefficient (Wildman–Crippen LogP) is 0.940. The van der Waals surface area contributed by atoms with Crippen LogP contribution < -0.4 is 16.2 Å². The summed E-state index contributed by atoms with van der Waals surface area (Å²) < 4.78 is 5.38. The van der Waals surface area contributed by atoms with Crippen LogP contribution in [-0.4, -0.2) is 36.3 Å². The van der Waals surface area contributed by atoms with Gasteiger partial charge in [0, 0.05) is 38.8 Å². The van der Waals surface area contributed by atoms with Gasteiger partial charge in [-0.25, -0.2) is 15.8 Å². The number of aromatic nitrogens is 2. The highest BCUT2D eigenvalue weighted by Crippen LogP contribution is 2.21. The van der Waals surface area contributed by atoms with Crippen LogP contribution in [0.3, 0.4) is 0 Å². The molecular weight excluding hydrogens is 230 g/mol. The number of hydrazine groups is 1. The van der Waals surface area contributed by atoms with Crippen LogP contribution in [0.15, 0.2) is 6.07 Å². The van der Waals surface area contributed by atoms with E-state index in [0.29, 0.717) is 11.9 Å². The molecule has 1 aromatic heterocycles. The smallest absolute Gasteiger partial charge is 0.145 e. The van der Waals surface area contributed by atoms with Crippen molar-refractivity contribution >= 4 is 11.6 Å². The molecule has 0 radical (unpaired) electrons. The van der Waals surface area contributed by atoms with E-state index in [1.807, 2.05) is 13.0 Å². The van der Waals surface area contributed by atoms with Gasteiger partial charge in [0.1, 0.15) is 17.5 Å². The second kappa shape index (κ2) is 5.97. The maximum atomic E-state index is 5.44. The lowest BCUT2D eigenvalue weighted by atomic mass is 10.1. The van der Waals surface area contributed by atoms with Crippen LogP contribution in [0.2, 0.25) is 0 Å². The molecule has 0 spiro atoms. The Kier molecular flexibility index (Phi) is 4.33. The first-order valence-corrected chi connectivity index (χ1v) is 6.39. The molecular formula is C12H21N5O. The third-order valence-electron chi connectivity index (χ3n) is 3.32. The van der Waals surface area contributed by atoms with Gasteiger partial charge in [-0.15, -0.1) is 0 Å². The van der Waals surface area contributed by atoms with Gasteiger partial charge in [-0.2, -0.15) is 0 Å². The van der Waals surface area contributed by atoms with Gasteiger partial charge in [0.05, 0.1) is 0 Å². The number of ether oxygens (including phenoxy) is 1. The molecule has 1 aliphatic rings. The highest BCUT2D eigenvalue weighted by molar-refractivity contribution is 5.49. The number of anilines is 2. The zero-order valence-corrected chi connectivity index (χ0v) is 11.0. The Labute approximate surface area is 108 Å². The van der Waals surface area contributed by atoms with Crippen molar-refractivity contribution in [2.75, 3.05) is 30.6 Å². The highest BCUT2D eigenvalue weighted by Gasteiger charge is 2.20. The monoisotopic (exact) mass is 251 g/mol. The molecule has 0 unspecified atom stereocenters. The Hall–Kier alpha value is -1.40. The van der Waals surface area contributed by atoms with Gasteiger partial charge in [-0.3, -0.25) is 0 Å². The van der Waals surface area contributed by atoms with Gasteiger partial charge < -0.3 is 15.1 Å². The third kappa shape index (κ3) is 2.88. The SMILES string of the molecule is CCc1nc(NN)cc(N(C)C2CCOCC2)n1. The molecule has 0 bridgehead atoms. The molecule has 3 N–H and O–H groups in total. The molecule has 2 heterocycles. The number of nitrogens with two attached hydrogens (primary N) is 1. The Morgan fingerprint density at radius 2 is 2.17 bits per heavy atom. The number of nitrogens with one attached hydrogen (secondary N) is 1. The maximum absolute atomic E-state index is 5.44. The molecule has 0 amide bonds. The molecule has 2 rings (SSSR count). The first-order valence-electron chi connectivity index (χ1n) is 6.39. The van der Waals surface area contributed by atoms with E-state index in [1.54, 1.807) is 0 Å². The number of hydrogen-bond donors (Lipinski definition) is 2. The summed E-state index contributed by atoms with van der Waals surface area (Å²) in [4.78, 5) is 11.1. The first-order chi connectivity index (χ1) is 8.74. The zero-order valence-electron chi connectivity index (χ0n) is 11.0. The molecule has 6 heteroatoms. The molecule has 1 aliphatic heterocycles. The van der Waals surface area contributed by atoms with Gasteiger partial charge in [-0.1, -0.05) is 6.92 Å². The second-order valence-electron chi connectivity index (χ2n) is 4.48. The van der Waals surface area contributed by atoms with Crippen LogP contribution in [0, 0.1) is 0 Å². The van der Waals surface area contributed by atoms with Crippen molar-refractivity contribution in [1.82, 2.24) is 9.97 Å². The molecule has 0 aromatic carbocycles. The average molecular weight is 251 g/mol. The molecule has 1 saturated heterocycles. The molecule has 100 valence electrons. The molecule has 0 atom stereocenters. The average Bonchev–Trinajstić information content (AvgIpc) is 2.46. The summed E-state index contributed by atoms with van der Waals surface area (Å²) in [5, 5.41) is 0. The van der Waals surface area contributed by atoms with Crippen molar-refractivity contribution in [3.05, 3.63) is 11.9 Å². The van der Waals surface area contributed by atoms with Gasteiger partial charge in [-0.05, 0) is 12.8 Å². The molecule has 6 nitrogen and oxygen atoms in total.